The molecule has 1 aliphatic carbocycles. The molecule has 4 atom stereocenters. The van der Waals surface area contributed by atoms with Crippen LogP contribution in [0.2, 0.25) is 0 Å². The number of rotatable bonds is 8. The van der Waals surface area contributed by atoms with Gasteiger partial charge >= 0.3 is 5.97 Å². The van der Waals surface area contributed by atoms with Gasteiger partial charge in [-0.15, -0.1) is 0 Å². The predicted molar refractivity (Wildman–Crippen MR) is 87.2 cm³/mol. The molecular weight excluding hydrogens is 280 g/mol. The lowest BCUT2D eigenvalue weighted by atomic mass is 9.77. The summed E-state index contributed by atoms with van der Waals surface area (Å²) >= 11 is 0. The molecule has 4 unspecified atom stereocenters. The smallest absolute Gasteiger partial charge is 0.311 e. The Bertz CT molecular complexity index is 386. The molecule has 1 fully saturated rings. The molecule has 0 radical (unpaired) electrons. The summed E-state index contributed by atoms with van der Waals surface area (Å²) in [7, 11) is 1.46. The van der Waals surface area contributed by atoms with E-state index in [1.165, 1.54) is 7.11 Å². The van der Waals surface area contributed by atoms with Crippen LogP contribution in [-0.4, -0.2) is 31.1 Å². The van der Waals surface area contributed by atoms with Crippen molar-refractivity contribution in [3.63, 3.8) is 0 Å². The van der Waals surface area contributed by atoms with Crippen molar-refractivity contribution in [2.75, 3.05) is 7.11 Å². The van der Waals surface area contributed by atoms with Crippen molar-refractivity contribution >= 4 is 11.9 Å². The van der Waals surface area contributed by atoms with Gasteiger partial charge in [0.15, 0.2) is 0 Å². The van der Waals surface area contributed by atoms with Crippen LogP contribution in [0.25, 0.3) is 0 Å². The number of hydrogen-bond acceptors (Lipinski definition) is 4. The molecular formula is C17H32N2O3. The standard InChI is InChI=1S/C17H32N2O3/c1-5-13(15(6-2)19-12(3)20)7-9-17(16(21)22-4)10-8-14(18)11-17/h13-15H,5-11,18H2,1-4H3,(H,19,20). The Morgan fingerprint density at radius 1 is 1.36 bits per heavy atom. The van der Waals surface area contributed by atoms with E-state index in [1.807, 2.05) is 0 Å². The minimum atomic E-state index is -0.421. The van der Waals surface area contributed by atoms with Gasteiger partial charge in [-0.05, 0) is 44.4 Å². The highest BCUT2D eigenvalue weighted by molar-refractivity contribution is 5.77. The Morgan fingerprint density at radius 3 is 2.45 bits per heavy atom. The average Bonchev–Trinajstić information content (AvgIpc) is 2.87. The van der Waals surface area contributed by atoms with Crippen molar-refractivity contribution in [3.8, 4) is 0 Å². The Kier molecular flexibility index (Phi) is 7.33. The highest BCUT2D eigenvalue weighted by Crippen LogP contribution is 2.43. The van der Waals surface area contributed by atoms with Gasteiger partial charge in [-0.3, -0.25) is 9.59 Å². The molecule has 128 valence electrons. The topological polar surface area (TPSA) is 81.4 Å². The number of ether oxygens (including phenoxy) is 1. The Morgan fingerprint density at radius 2 is 2.05 bits per heavy atom. The molecule has 0 aromatic rings. The van der Waals surface area contributed by atoms with Gasteiger partial charge in [0.1, 0.15) is 0 Å². The number of carbonyl (C=O) groups is 2. The van der Waals surface area contributed by atoms with Crippen molar-refractivity contribution in [1.29, 1.82) is 0 Å². The fraction of sp³-hybridized carbons (Fsp3) is 0.882. The molecule has 3 N–H and O–H groups in total. The average molecular weight is 312 g/mol. The number of carbonyl (C=O) groups excluding carboxylic acids is 2. The first-order valence-electron chi connectivity index (χ1n) is 8.49. The van der Waals surface area contributed by atoms with Crippen LogP contribution in [0.15, 0.2) is 0 Å². The molecule has 1 rings (SSSR count). The van der Waals surface area contributed by atoms with E-state index in [1.54, 1.807) is 6.92 Å². The third-order valence-electron chi connectivity index (χ3n) is 5.18. The maximum atomic E-state index is 12.3. The molecule has 1 aliphatic rings. The molecule has 5 heteroatoms. The summed E-state index contributed by atoms with van der Waals surface area (Å²) in [5.41, 5.74) is 5.61. The SMILES string of the molecule is CCC(CCC1(C(=O)OC)CCC(N)C1)C(CC)NC(C)=O. The van der Waals surface area contributed by atoms with Gasteiger partial charge < -0.3 is 15.8 Å². The quantitative estimate of drug-likeness (QED) is 0.674. The first kappa shape index (κ1) is 18.9. The Labute approximate surface area is 134 Å². The highest BCUT2D eigenvalue weighted by Gasteiger charge is 2.45. The minimum Gasteiger partial charge on any atom is -0.469 e. The molecule has 1 saturated carbocycles. The van der Waals surface area contributed by atoms with Gasteiger partial charge in [-0.2, -0.15) is 0 Å². The lowest BCUT2D eigenvalue weighted by molar-refractivity contribution is -0.153. The van der Waals surface area contributed by atoms with Gasteiger partial charge in [0.05, 0.1) is 12.5 Å². The van der Waals surface area contributed by atoms with E-state index in [0.29, 0.717) is 12.3 Å². The highest BCUT2D eigenvalue weighted by atomic mass is 16.5. The van der Waals surface area contributed by atoms with Crippen LogP contribution in [0.3, 0.4) is 0 Å². The number of nitrogens with two attached hydrogens (primary N) is 1. The number of methoxy groups -OCH3 is 1. The van der Waals surface area contributed by atoms with Crippen molar-refractivity contribution in [2.45, 2.75) is 77.8 Å². The fourth-order valence-corrected chi connectivity index (χ4v) is 3.86. The van der Waals surface area contributed by atoms with Crippen molar-refractivity contribution in [2.24, 2.45) is 17.1 Å². The summed E-state index contributed by atoms with van der Waals surface area (Å²) in [6, 6.07) is 0.267. The van der Waals surface area contributed by atoms with Gasteiger partial charge in [0.25, 0.3) is 0 Å². The van der Waals surface area contributed by atoms with E-state index in [9.17, 15) is 9.59 Å². The number of amides is 1. The molecule has 0 aliphatic heterocycles. The third kappa shape index (κ3) is 4.70. The zero-order valence-electron chi connectivity index (χ0n) is 14.5. The van der Waals surface area contributed by atoms with Crippen molar-refractivity contribution < 1.29 is 14.3 Å². The van der Waals surface area contributed by atoms with Gasteiger partial charge in [-0.1, -0.05) is 20.3 Å². The monoisotopic (exact) mass is 312 g/mol. The van der Waals surface area contributed by atoms with Crippen LogP contribution >= 0.6 is 0 Å². The van der Waals surface area contributed by atoms with Crippen LogP contribution < -0.4 is 11.1 Å². The molecule has 0 saturated heterocycles. The molecule has 22 heavy (non-hydrogen) atoms. The van der Waals surface area contributed by atoms with E-state index in [2.05, 4.69) is 19.2 Å². The maximum Gasteiger partial charge on any atom is 0.311 e. The van der Waals surface area contributed by atoms with Crippen molar-refractivity contribution in [3.05, 3.63) is 0 Å². The van der Waals surface area contributed by atoms with Crippen LogP contribution in [0, 0.1) is 11.3 Å². The maximum absolute atomic E-state index is 12.3. The van der Waals surface area contributed by atoms with Crippen LogP contribution in [0.4, 0.5) is 0 Å². The van der Waals surface area contributed by atoms with Crippen LogP contribution in [-0.2, 0) is 14.3 Å². The van der Waals surface area contributed by atoms with Gasteiger partial charge in [0.2, 0.25) is 5.91 Å². The molecule has 1 amide bonds. The van der Waals surface area contributed by atoms with E-state index >= 15 is 0 Å². The fourth-order valence-electron chi connectivity index (χ4n) is 3.86. The lowest BCUT2D eigenvalue weighted by Crippen LogP contribution is -2.40. The van der Waals surface area contributed by atoms with Gasteiger partial charge in [-0.25, -0.2) is 0 Å². The second-order valence-electron chi connectivity index (χ2n) is 6.70. The second kappa shape index (κ2) is 8.51. The molecule has 0 spiro atoms. The zero-order chi connectivity index (χ0) is 16.8. The van der Waals surface area contributed by atoms with Gasteiger partial charge in [0, 0.05) is 19.0 Å². The van der Waals surface area contributed by atoms with E-state index < -0.39 is 5.41 Å². The van der Waals surface area contributed by atoms with E-state index in [-0.39, 0.29) is 24.0 Å². The Balaban J connectivity index is 2.73. The molecule has 0 aromatic heterocycles. The minimum absolute atomic E-state index is 0.0101. The molecule has 5 nitrogen and oxygen atoms in total. The second-order valence-corrected chi connectivity index (χ2v) is 6.70. The number of esters is 1. The predicted octanol–water partition coefficient (Wildman–Crippen LogP) is 2.38. The molecule has 0 bridgehead atoms. The van der Waals surface area contributed by atoms with Crippen LogP contribution in [0.1, 0.15) is 65.7 Å². The van der Waals surface area contributed by atoms with Crippen molar-refractivity contribution in [1.82, 2.24) is 5.32 Å². The largest absolute Gasteiger partial charge is 0.469 e. The summed E-state index contributed by atoms with van der Waals surface area (Å²) in [4.78, 5) is 23.6. The molecule has 0 heterocycles. The van der Waals surface area contributed by atoms with E-state index in [0.717, 1.165) is 38.5 Å². The number of nitrogens with one attached hydrogen (secondary N) is 1. The third-order valence-corrected chi connectivity index (χ3v) is 5.18. The lowest BCUT2D eigenvalue weighted by Gasteiger charge is -2.31. The molecule has 0 aromatic carbocycles. The normalized spacial score (nSPS) is 27.2. The summed E-state index contributed by atoms with van der Waals surface area (Å²) in [6.07, 6.45) is 6.01. The Hall–Kier alpha value is -1.10. The first-order chi connectivity index (χ1) is 10.4. The summed E-state index contributed by atoms with van der Waals surface area (Å²) < 4.78 is 5.04. The van der Waals surface area contributed by atoms with Crippen LogP contribution in [0.5, 0.6) is 0 Å². The first-order valence-corrected chi connectivity index (χ1v) is 8.49. The summed E-state index contributed by atoms with van der Waals surface area (Å²) in [6.45, 7) is 5.78. The van der Waals surface area contributed by atoms with E-state index in [4.69, 9.17) is 10.5 Å². The number of hydrogen-bond donors (Lipinski definition) is 2. The summed E-state index contributed by atoms with van der Waals surface area (Å²) in [5, 5.41) is 3.04. The summed E-state index contributed by atoms with van der Waals surface area (Å²) in [5.74, 6) is 0.269. The zero-order valence-corrected chi connectivity index (χ0v) is 14.5.